The van der Waals surface area contributed by atoms with Crippen LogP contribution in [0.2, 0.25) is 0 Å². The van der Waals surface area contributed by atoms with Crippen LogP contribution in [0.1, 0.15) is 60.8 Å². The Kier molecular flexibility index (Phi) is 5.01. The molecule has 2 heterocycles. The van der Waals surface area contributed by atoms with Gasteiger partial charge in [-0.25, -0.2) is 0 Å². The molecule has 0 amide bonds. The second kappa shape index (κ2) is 6.61. The molecule has 2 saturated heterocycles. The van der Waals surface area contributed by atoms with Gasteiger partial charge in [0.1, 0.15) is 0 Å². The van der Waals surface area contributed by atoms with Gasteiger partial charge in [-0.05, 0) is 77.6 Å². The number of allylic oxidation sites excluding steroid dienone is 3. The number of hydrogen-bond donors (Lipinski definition) is 0. The summed E-state index contributed by atoms with van der Waals surface area (Å²) in [6, 6.07) is 0. The molecule has 0 radical (unpaired) electrons. The van der Waals surface area contributed by atoms with Crippen molar-refractivity contribution in [3.05, 3.63) is 23.8 Å². The first-order valence-electron chi connectivity index (χ1n) is 9.83. The zero-order valence-electron chi connectivity index (χ0n) is 16.5. The molecule has 24 heavy (non-hydrogen) atoms. The molecular formula is C22H36O2. The molecule has 2 heteroatoms. The Morgan fingerprint density at radius 3 is 2.33 bits per heavy atom. The molecule has 0 aromatic carbocycles. The average Bonchev–Trinajstić information content (AvgIpc) is 3.00. The number of rotatable bonds is 0. The van der Waals surface area contributed by atoms with Crippen molar-refractivity contribution in [3.8, 4) is 0 Å². The summed E-state index contributed by atoms with van der Waals surface area (Å²) >= 11 is 0. The lowest BCUT2D eigenvalue weighted by Gasteiger charge is -2.32. The van der Waals surface area contributed by atoms with E-state index in [1.807, 2.05) is 0 Å². The summed E-state index contributed by atoms with van der Waals surface area (Å²) < 4.78 is 11.6. The maximum absolute atomic E-state index is 5.82. The summed E-state index contributed by atoms with van der Waals surface area (Å²) in [5.41, 5.74) is 1.79. The average molecular weight is 333 g/mol. The Balaban J connectivity index is 0.000000141. The maximum atomic E-state index is 5.82. The van der Waals surface area contributed by atoms with Crippen molar-refractivity contribution in [1.29, 1.82) is 0 Å². The van der Waals surface area contributed by atoms with Gasteiger partial charge in [0.15, 0.2) is 0 Å². The number of fused-ring (bicyclic) bond motifs is 2. The van der Waals surface area contributed by atoms with Gasteiger partial charge >= 0.3 is 0 Å². The highest BCUT2D eigenvalue weighted by atomic mass is 16.5. The molecule has 2 aliphatic carbocycles. The van der Waals surface area contributed by atoms with Crippen LogP contribution in [-0.2, 0) is 9.47 Å². The van der Waals surface area contributed by atoms with Crippen LogP contribution >= 0.6 is 0 Å². The van der Waals surface area contributed by atoms with Crippen molar-refractivity contribution in [3.63, 3.8) is 0 Å². The molecule has 5 unspecified atom stereocenters. The fourth-order valence-electron chi connectivity index (χ4n) is 5.26. The van der Waals surface area contributed by atoms with E-state index in [4.69, 9.17) is 9.47 Å². The van der Waals surface area contributed by atoms with Crippen LogP contribution in [0.25, 0.3) is 0 Å². The molecule has 136 valence electrons. The Morgan fingerprint density at radius 1 is 1.00 bits per heavy atom. The normalized spacial score (nSPS) is 41.8. The van der Waals surface area contributed by atoms with E-state index >= 15 is 0 Å². The third kappa shape index (κ3) is 3.37. The van der Waals surface area contributed by atoms with Gasteiger partial charge in [-0.2, -0.15) is 0 Å². The predicted molar refractivity (Wildman–Crippen MR) is 99.9 cm³/mol. The standard InChI is InChI=1S/2C11H18O/c2*1-8-5-4-6-10-9(8)7-12-11(10,2)3/h5,9-10H,4,6-7H2,1-3H3;4-5,8-10H,6-7H2,1-3H3. The summed E-state index contributed by atoms with van der Waals surface area (Å²) in [7, 11) is 0. The Labute approximate surface area is 148 Å². The van der Waals surface area contributed by atoms with E-state index < -0.39 is 0 Å². The van der Waals surface area contributed by atoms with Crippen LogP contribution in [0, 0.1) is 29.6 Å². The van der Waals surface area contributed by atoms with Gasteiger partial charge in [0.25, 0.3) is 0 Å². The minimum atomic E-state index is 0.115. The van der Waals surface area contributed by atoms with Gasteiger partial charge in [-0.1, -0.05) is 30.7 Å². The third-order valence-electron chi connectivity index (χ3n) is 7.10. The van der Waals surface area contributed by atoms with Gasteiger partial charge in [0.05, 0.1) is 24.4 Å². The molecule has 2 nitrogen and oxygen atoms in total. The molecule has 0 aromatic heterocycles. The molecular weight excluding hydrogens is 296 g/mol. The van der Waals surface area contributed by atoms with Crippen LogP contribution in [0.15, 0.2) is 23.8 Å². The highest BCUT2D eigenvalue weighted by molar-refractivity contribution is 5.14. The topological polar surface area (TPSA) is 18.5 Å². The highest BCUT2D eigenvalue weighted by Gasteiger charge is 2.45. The Morgan fingerprint density at radius 2 is 1.67 bits per heavy atom. The van der Waals surface area contributed by atoms with E-state index in [-0.39, 0.29) is 11.2 Å². The molecule has 2 aliphatic heterocycles. The van der Waals surface area contributed by atoms with Crippen molar-refractivity contribution >= 4 is 0 Å². The van der Waals surface area contributed by atoms with Crippen LogP contribution in [0.3, 0.4) is 0 Å². The van der Waals surface area contributed by atoms with Crippen molar-refractivity contribution in [1.82, 2.24) is 0 Å². The lowest BCUT2D eigenvalue weighted by Crippen LogP contribution is -2.32. The predicted octanol–water partition coefficient (Wildman–Crippen LogP) is 5.39. The lowest BCUT2D eigenvalue weighted by atomic mass is 9.72. The first kappa shape index (κ1) is 18.2. The zero-order valence-corrected chi connectivity index (χ0v) is 16.5. The van der Waals surface area contributed by atoms with Gasteiger partial charge < -0.3 is 9.47 Å². The smallest absolute Gasteiger partial charge is 0.0661 e. The van der Waals surface area contributed by atoms with Crippen molar-refractivity contribution < 1.29 is 9.47 Å². The maximum Gasteiger partial charge on any atom is 0.0661 e. The Bertz CT molecular complexity index is 508. The van der Waals surface area contributed by atoms with Crippen LogP contribution in [0.4, 0.5) is 0 Å². The van der Waals surface area contributed by atoms with E-state index in [1.165, 1.54) is 19.3 Å². The number of ether oxygens (including phenoxy) is 2. The molecule has 0 saturated carbocycles. The monoisotopic (exact) mass is 332 g/mol. The van der Waals surface area contributed by atoms with Crippen molar-refractivity contribution in [2.45, 2.75) is 72.0 Å². The summed E-state index contributed by atoms with van der Waals surface area (Å²) in [4.78, 5) is 0. The summed E-state index contributed by atoms with van der Waals surface area (Å²) in [6.45, 7) is 15.4. The van der Waals surface area contributed by atoms with E-state index in [0.29, 0.717) is 11.8 Å². The van der Waals surface area contributed by atoms with Crippen molar-refractivity contribution in [2.24, 2.45) is 29.6 Å². The molecule has 0 spiro atoms. The molecule has 0 N–H and O–H groups in total. The van der Waals surface area contributed by atoms with E-state index in [9.17, 15) is 0 Å². The van der Waals surface area contributed by atoms with Gasteiger partial charge in [0, 0.05) is 5.92 Å². The number of hydrogen-bond acceptors (Lipinski definition) is 2. The molecule has 0 aromatic rings. The fraction of sp³-hybridized carbons (Fsp3) is 0.818. The minimum absolute atomic E-state index is 0.115. The Hall–Kier alpha value is -0.600. The first-order valence-corrected chi connectivity index (χ1v) is 9.83. The second-order valence-electron chi connectivity index (χ2n) is 9.36. The molecule has 5 atom stereocenters. The third-order valence-corrected chi connectivity index (χ3v) is 7.10. The SMILES string of the molecule is CC1=CCCC2C1COC2(C)C.CC1C=CCC2C1COC2(C)C. The van der Waals surface area contributed by atoms with Gasteiger partial charge in [0.2, 0.25) is 0 Å². The van der Waals surface area contributed by atoms with E-state index in [1.54, 1.807) is 5.57 Å². The van der Waals surface area contributed by atoms with Gasteiger partial charge in [-0.15, -0.1) is 0 Å². The fourth-order valence-corrected chi connectivity index (χ4v) is 5.26. The van der Waals surface area contributed by atoms with Crippen LogP contribution in [-0.4, -0.2) is 24.4 Å². The summed E-state index contributed by atoms with van der Waals surface area (Å²) in [6.07, 6.45) is 10.8. The summed E-state index contributed by atoms with van der Waals surface area (Å²) in [5, 5.41) is 0. The largest absolute Gasteiger partial charge is 0.375 e. The van der Waals surface area contributed by atoms with E-state index in [0.717, 1.165) is 31.0 Å². The quantitative estimate of drug-likeness (QED) is 0.554. The van der Waals surface area contributed by atoms with E-state index in [2.05, 4.69) is 59.8 Å². The molecule has 4 rings (SSSR count). The highest BCUT2D eigenvalue weighted by Crippen LogP contribution is 2.45. The lowest BCUT2D eigenvalue weighted by molar-refractivity contribution is 0.00941. The second-order valence-corrected chi connectivity index (χ2v) is 9.36. The first-order chi connectivity index (χ1) is 11.2. The molecule has 0 bridgehead atoms. The zero-order chi connectivity index (χ0) is 17.5. The van der Waals surface area contributed by atoms with Gasteiger partial charge in [-0.3, -0.25) is 0 Å². The molecule has 2 fully saturated rings. The van der Waals surface area contributed by atoms with Crippen LogP contribution < -0.4 is 0 Å². The van der Waals surface area contributed by atoms with Crippen molar-refractivity contribution in [2.75, 3.05) is 13.2 Å². The summed E-state index contributed by atoms with van der Waals surface area (Å²) in [5.74, 6) is 3.71. The minimum Gasteiger partial charge on any atom is -0.375 e. The van der Waals surface area contributed by atoms with Crippen LogP contribution in [0.5, 0.6) is 0 Å². The molecule has 4 aliphatic rings.